The van der Waals surface area contributed by atoms with Crippen molar-refractivity contribution in [3.8, 4) is 0 Å². The number of hydrogen-bond donors (Lipinski definition) is 1. The van der Waals surface area contributed by atoms with Crippen molar-refractivity contribution in [2.24, 2.45) is 0 Å². The lowest BCUT2D eigenvalue weighted by Crippen LogP contribution is -2.50. The maximum atomic E-state index is 3.82. The first-order valence-electron chi connectivity index (χ1n) is 4.27. The van der Waals surface area contributed by atoms with Gasteiger partial charge in [-0.3, -0.25) is 0 Å². The van der Waals surface area contributed by atoms with Gasteiger partial charge in [0.25, 0.3) is 0 Å². The van der Waals surface area contributed by atoms with Crippen LogP contribution in [-0.4, -0.2) is 12.6 Å². The predicted molar refractivity (Wildman–Crippen MR) is 49.6 cm³/mol. The van der Waals surface area contributed by atoms with Crippen molar-refractivity contribution in [1.82, 2.24) is 5.32 Å². The molecular weight excluding hydrogens is 134 g/mol. The van der Waals surface area contributed by atoms with Crippen LogP contribution >= 0.6 is 0 Å². The van der Waals surface area contributed by atoms with Crippen LogP contribution < -0.4 is 5.32 Å². The molecule has 0 radical (unpaired) electrons. The highest BCUT2D eigenvalue weighted by atomic mass is 15.0. The van der Waals surface area contributed by atoms with E-state index >= 15 is 0 Å². The highest BCUT2D eigenvalue weighted by Gasteiger charge is 2.36. The second-order valence-electron chi connectivity index (χ2n) is 3.13. The van der Waals surface area contributed by atoms with Crippen LogP contribution in [0.15, 0.2) is 24.3 Å². The van der Waals surface area contributed by atoms with Crippen LogP contribution in [0.2, 0.25) is 0 Å². The summed E-state index contributed by atoms with van der Waals surface area (Å²) in [5.41, 5.74) is 1.63. The van der Waals surface area contributed by atoms with Gasteiger partial charge in [0, 0.05) is 5.54 Å². The second-order valence-corrected chi connectivity index (χ2v) is 3.13. The van der Waals surface area contributed by atoms with E-state index < -0.39 is 0 Å². The van der Waals surface area contributed by atoms with E-state index in [-0.39, 0.29) is 5.54 Å². The van der Waals surface area contributed by atoms with Crippen molar-refractivity contribution in [3.63, 3.8) is 0 Å². The molecule has 1 N–H and O–H groups in total. The minimum Gasteiger partial charge on any atom is -0.310 e. The normalized spacial score (nSPS) is 22.5. The summed E-state index contributed by atoms with van der Waals surface area (Å²) >= 11 is 0. The largest absolute Gasteiger partial charge is 0.310 e. The number of likely N-dealkylation sites (N-methyl/N-ethyl adjacent to an activating group) is 1. The van der Waals surface area contributed by atoms with Gasteiger partial charge < -0.3 is 5.32 Å². The Morgan fingerprint density at radius 1 is 1.55 bits per heavy atom. The zero-order valence-corrected chi connectivity index (χ0v) is 7.48. The number of rotatable bonds is 3. The lowest BCUT2D eigenvalue weighted by molar-refractivity contribution is 0.251. The minimum atomic E-state index is 0.274. The molecule has 1 aliphatic carbocycles. The highest BCUT2D eigenvalue weighted by Crippen LogP contribution is 2.38. The molecule has 62 valence electrons. The van der Waals surface area contributed by atoms with E-state index in [0.29, 0.717) is 0 Å². The van der Waals surface area contributed by atoms with Gasteiger partial charge in [0.1, 0.15) is 0 Å². The fraction of sp³-hybridized carbons (Fsp3) is 0.600. The number of nitrogens with one attached hydrogen (secondary N) is 1. The van der Waals surface area contributed by atoms with E-state index in [2.05, 4.69) is 24.9 Å². The van der Waals surface area contributed by atoms with Crippen LogP contribution in [0.5, 0.6) is 0 Å². The Hall–Kier alpha value is -0.560. The molecule has 0 aromatic heterocycles. The van der Waals surface area contributed by atoms with Gasteiger partial charge in [0.05, 0.1) is 0 Å². The lowest BCUT2D eigenvalue weighted by Gasteiger charge is -2.43. The summed E-state index contributed by atoms with van der Waals surface area (Å²) in [4.78, 5) is 0. The lowest BCUT2D eigenvalue weighted by atomic mass is 9.71. The van der Waals surface area contributed by atoms with Crippen molar-refractivity contribution in [1.29, 1.82) is 0 Å². The van der Waals surface area contributed by atoms with Crippen LogP contribution in [0.25, 0.3) is 0 Å². The predicted octanol–water partition coefficient (Wildman–Crippen LogP) is 2.26. The summed E-state index contributed by atoms with van der Waals surface area (Å²) < 4.78 is 0. The zero-order valence-electron chi connectivity index (χ0n) is 7.48. The van der Waals surface area contributed by atoms with Gasteiger partial charge in [-0.15, -0.1) is 0 Å². The van der Waals surface area contributed by atoms with Gasteiger partial charge in [-0.1, -0.05) is 18.7 Å². The first kappa shape index (κ1) is 8.54. The van der Waals surface area contributed by atoms with Gasteiger partial charge >= 0.3 is 0 Å². The molecule has 0 saturated heterocycles. The molecule has 1 aliphatic rings. The Bertz CT molecular complexity index is 170. The molecule has 1 rings (SSSR count). The molecule has 0 atom stereocenters. The van der Waals surface area contributed by atoms with Gasteiger partial charge in [-0.2, -0.15) is 0 Å². The van der Waals surface area contributed by atoms with Crippen molar-refractivity contribution in [3.05, 3.63) is 24.3 Å². The molecule has 1 saturated carbocycles. The summed E-state index contributed by atoms with van der Waals surface area (Å²) in [6.45, 7) is 5.90. The first-order valence-corrected chi connectivity index (χ1v) is 4.27. The van der Waals surface area contributed by atoms with Crippen LogP contribution in [0.1, 0.15) is 26.2 Å². The van der Waals surface area contributed by atoms with Gasteiger partial charge in [0.2, 0.25) is 0 Å². The second kappa shape index (κ2) is 3.22. The maximum absolute atomic E-state index is 3.82. The molecular formula is C10H17N. The van der Waals surface area contributed by atoms with E-state index in [9.17, 15) is 0 Å². The van der Waals surface area contributed by atoms with Crippen molar-refractivity contribution < 1.29 is 0 Å². The highest BCUT2D eigenvalue weighted by molar-refractivity contribution is 5.32. The first-order chi connectivity index (χ1) is 5.29. The SMILES string of the molecule is C=C/C(=C\C)C1(NC)CCC1. The quantitative estimate of drug-likeness (QED) is 0.610. The van der Waals surface area contributed by atoms with Crippen molar-refractivity contribution in [2.75, 3.05) is 7.05 Å². The van der Waals surface area contributed by atoms with Gasteiger partial charge in [-0.05, 0) is 38.8 Å². The minimum absolute atomic E-state index is 0.274. The third kappa shape index (κ3) is 1.25. The molecule has 11 heavy (non-hydrogen) atoms. The topological polar surface area (TPSA) is 12.0 Å². The molecule has 0 aliphatic heterocycles. The van der Waals surface area contributed by atoms with E-state index in [1.807, 2.05) is 13.1 Å². The molecule has 0 aromatic rings. The molecule has 0 unspecified atom stereocenters. The fourth-order valence-electron chi connectivity index (χ4n) is 1.80. The molecule has 0 bridgehead atoms. The maximum Gasteiger partial charge on any atom is 0.0428 e. The summed E-state index contributed by atoms with van der Waals surface area (Å²) in [5.74, 6) is 0. The standard InChI is InChI=1S/C10H17N/c1-4-9(5-2)10(11-3)7-6-8-10/h4-5,11H,1,6-8H2,2-3H3/b9-5+. The van der Waals surface area contributed by atoms with E-state index in [1.54, 1.807) is 0 Å². The third-order valence-electron chi connectivity index (χ3n) is 2.77. The van der Waals surface area contributed by atoms with E-state index in [1.165, 1.54) is 24.8 Å². The molecule has 0 heterocycles. The van der Waals surface area contributed by atoms with Gasteiger partial charge in [-0.25, -0.2) is 0 Å². The van der Waals surface area contributed by atoms with Crippen molar-refractivity contribution in [2.45, 2.75) is 31.7 Å². The number of hydrogen-bond acceptors (Lipinski definition) is 1. The Kier molecular flexibility index (Phi) is 2.50. The average Bonchev–Trinajstić information content (AvgIpc) is 1.96. The summed E-state index contributed by atoms with van der Waals surface area (Å²) in [7, 11) is 2.03. The summed E-state index contributed by atoms with van der Waals surface area (Å²) in [6.07, 6.45) is 7.98. The van der Waals surface area contributed by atoms with E-state index in [0.717, 1.165) is 0 Å². The van der Waals surface area contributed by atoms with Crippen LogP contribution in [0.3, 0.4) is 0 Å². The third-order valence-corrected chi connectivity index (χ3v) is 2.77. The average molecular weight is 151 g/mol. The molecule has 1 heteroatoms. The Morgan fingerprint density at radius 3 is 2.27 bits per heavy atom. The molecule has 0 amide bonds. The smallest absolute Gasteiger partial charge is 0.0428 e. The monoisotopic (exact) mass is 151 g/mol. The van der Waals surface area contributed by atoms with Gasteiger partial charge in [0.15, 0.2) is 0 Å². The van der Waals surface area contributed by atoms with E-state index in [4.69, 9.17) is 0 Å². The van der Waals surface area contributed by atoms with Crippen LogP contribution in [0.4, 0.5) is 0 Å². The molecule has 0 spiro atoms. The Labute approximate surface area is 69.2 Å². The molecule has 0 aromatic carbocycles. The Morgan fingerprint density at radius 2 is 2.18 bits per heavy atom. The summed E-state index contributed by atoms with van der Waals surface area (Å²) in [6, 6.07) is 0. The van der Waals surface area contributed by atoms with Crippen LogP contribution in [-0.2, 0) is 0 Å². The zero-order chi connectivity index (χ0) is 8.32. The molecule has 1 nitrogen and oxygen atoms in total. The Balaban J connectivity index is 2.75. The summed E-state index contributed by atoms with van der Waals surface area (Å²) in [5, 5.41) is 3.38. The van der Waals surface area contributed by atoms with Crippen molar-refractivity contribution >= 4 is 0 Å². The van der Waals surface area contributed by atoms with Crippen LogP contribution in [0, 0.1) is 0 Å². The molecule has 1 fully saturated rings. The fourth-order valence-corrected chi connectivity index (χ4v) is 1.80. The number of allylic oxidation sites excluding steroid dienone is 1.